The van der Waals surface area contributed by atoms with Gasteiger partial charge < -0.3 is 19.4 Å². The van der Waals surface area contributed by atoms with E-state index in [1.807, 2.05) is 35.9 Å². The van der Waals surface area contributed by atoms with Gasteiger partial charge in [0.15, 0.2) is 5.82 Å². The van der Waals surface area contributed by atoms with Crippen molar-refractivity contribution in [2.24, 2.45) is 0 Å². The highest BCUT2D eigenvalue weighted by Gasteiger charge is 2.34. The van der Waals surface area contributed by atoms with E-state index in [1.165, 1.54) is 16.8 Å². The Morgan fingerprint density at radius 3 is 2.75 bits per heavy atom. The van der Waals surface area contributed by atoms with E-state index >= 15 is 0 Å². The smallest absolute Gasteiger partial charge is 0.253 e. The fourth-order valence-corrected chi connectivity index (χ4v) is 5.98. The van der Waals surface area contributed by atoms with Crippen molar-refractivity contribution in [2.45, 2.75) is 52.3 Å². The van der Waals surface area contributed by atoms with Crippen LogP contribution in [0.3, 0.4) is 0 Å². The number of hydrogen-bond acceptors (Lipinski definition) is 8. The van der Waals surface area contributed by atoms with Gasteiger partial charge in [-0.1, -0.05) is 12.1 Å². The van der Waals surface area contributed by atoms with Crippen LogP contribution in [-0.2, 0) is 11.3 Å². The second-order valence-corrected chi connectivity index (χ2v) is 10.7. The maximum atomic E-state index is 13.6. The summed E-state index contributed by atoms with van der Waals surface area (Å²) in [6, 6.07) is 13.8. The lowest BCUT2D eigenvalue weighted by Gasteiger charge is -2.40. The summed E-state index contributed by atoms with van der Waals surface area (Å²) < 4.78 is 13.5. The fourth-order valence-electron chi connectivity index (χ4n) is 5.98. The minimum absolute atomic E-state index is 0.0766. The van der Waals surface area contributed by atoms with E-state index in [4.69, 9.17) is 9.47 Å². The fraction of sp³-hybridized carbons (Fsp3) is 0.467. The van der Waals surface area contributed by atoms with E-state index in [0.717, 1.165) is 62.3 Å². The van der Waals surface area contributed by atoms with Gasteiger partial charge in [-0.2, -0.15) is 0 Å². The standard InChI is InChI=1S/C30H37N7O3/c1-4-39-23-10-11-26-22(17-23)18-25(30(38)31-26)28(29-32-33-34-37(29)19-24-8-6-16-40-24)36-14-12-35(13-15-36)27-9-5-7-20(2)21(27)3/h5,7,9-11,17-18,24,28H,4,6,8,12-16,19H2,1-3H3,(H,31,38). The monoisotopic (exact) mass is 543 g/mol. The molecule has 2 unspecified atom stereocenters. The molecule has 0 spiro atoms. The molecular weight excluding hydrogens is 506 g/mol. The highest BCUT2D eigenvalue weighted by Crippen LogP contribution is 2.31. The number of aryl methyl sites for hydroxylation is 1. The lowest BCUT2D eigenvalue weighted by molar-refractivity contribution is 0.0906. The Hall–Kier alpha value is -3.76. The zero-order valence-electron chi connectivity index (χ0n) is 23.5. The molecule has 0 saturated carbocycles. The van der Waals surface area contributed by atoms with Crippen molar-refractivity contribution < 1.29 is 9.47 Å². The van der Waals surface area contributed by atoms with E-state index in [9.17, 15) is 4.79 Å². The molecule has 2 aromatic heterocycles. The topological polar surface area (TPSA) is 101 Å². The molecule has 2 aromatic carbocycles. The Morgan fingerprint density at radius 2 is 1.98 bits per heavy atom. The first-order chi connectivity index (χ1) is 19.5. The van der Waals surface area contributed by atoms with Gasteiger partial charge in [-0.15, -0.1) is 5.10 Å². The Balaban J connectivity index is 1.37. The van der Waals surface area contributed by atoms with Crippen LogP contribution in [0.15, 0.2) is 47.3 Å². The summed E-state index contributed by atoms with van der Waals surface area (Å²) in [4.78, 5) is 21.5. The number of aromatic nitrogens is 5. The molecular formula is C30H37N7O3. The average Bonchev–Trinajstić information content (AvgIpc) is 3.64. The molecule has 0 radical (unpaired) electrons. The van der Waals surface area contributed by atoms with Gasteiger partial charge in [0.05, 0.1) is 19.3 Å². The summed E-state index contributed by atoms with van der Waals surface area (Å²) >= 11 is 0. The third kappa shape index (κ3) is 5.21. The normalized spacial score (nSPS) is 18.9. The Morgan fingerprint density at radius 1 is 1.12 bits per heavy atom. The predicted octanol–water partition coefficient (Wildman–Crippen LogP) is 3.62. The van der Waals surface area contributed by atoms with Crippen molar-refractivity contribution in [2.75, 3.05) is 44.3 Å². The molecule has 2 atom stereocenters. The number of H-pyrrole nitrogens is 1. The average molecular weight is 544 g/mol. The summed E-state index contributed by atoms with van der Waals surface area (Å²) in [5.74, 6) is 1.44. The molecule has 2 saturated heterocycles. The number of pyridine rings is 1. The molecule has 4 aromatic rings. The van der Waals surface area contributed by atoms with Crippen LogP contribution < -0.4 is 15.2 Å². The quantitative estimate of drug-likeness (QED) is 0.360. The van der Waals surface area contributed by atoms with Crippen molar-refractivity contribution in [3.05, 3.63) is 75.3 Å². The molecule has 0 aliphatic carbocycles. The van der Waals surface area contributed by atoms with Gasteiger partial charge in [-0.05, 0) is 85.5 Å². The van der Waals surface area contributed by atoms with E-state index in [2.05, 4.69) is 62.4 Å². The Kier molecular flexibility index (Phi) is 7.53. The molecule has 2 fully saturated rings. The van der Waals surface area contributed by atoms with E-state index < -0.39 is 6.04 Å². The van der Waals surface area contributed by atoms with Crippen molar-refractivity contribution in [3.8, 4) is 5.75 Å². The van der Waals surface area contributed by atoms with Crippen LogP contribution in [0.4, 0.5) is 5.69 Å². The van der Waals surface area contributed by atoms with E-state index in [-0.39, 0.29) is 11.7 Å². The zero-order valence-corrected chi connectivity index (χ0v) is 23.5. The first-order valence-corrected chi connectivity index (χ1v) is 14.2. The van der Waals surface area contributed by atoms with E-state index in [0.29, 0.717) is 24.5 Å². The van der Waals surface area contributed by atoms with Crippen LogP contribution in [0.25, 0.3) is 10.9 Å². The number of aromatic amines is 1. The predicted molar refractivity (Wildman–Crippen MR) is 154 cm³/mol. The van der Waals surface area contributed by atoms with Crippen molar-refractivity contribution in [1.82, 2.24) is 30.1 Å². The van der Waals surface area contributed by atoms with Crippen LogP contribution in [0.2, 0.25) is 0 Å². The van der Waals surface area contributed by atoms with Crippen LogP contribution in [0, 0.1) is 13.8 Å². The number of piperazine rings is 1. The number of ether oxygens (including phenoxy) is 2. The lowest BCUT2D eigenvalue weighted by Crippen LogP contribution is -2.49. The molecule has 0 amide bonds. The second kappa shape index (κ2) is 11.4. The molecule has 40 heavy (non-hydrogen) atoms. The minimum Gasteiger partial charge on any atom is -0.494 e. The second-order valence-electron chi connectivity index (χ2n) is 10.7. The van der Waals surface area contributed by atoms with Crippen LogP contribution in [0.5, 0.6) is 5.75 Å². The van der Waals surface area contributed by atoms with E-state index in [1.54, 1.807) is 0 Å². The first kappa shape index (κ1) is 26.5. The molecule has 1 N–H and O–H groups in total. The van der Waals surface area contributed by atoms with Crippen LogP contribution >= 0.6 is 0 Å². The SMILES string of the molecule is CCOc1ccc2[nH]c(=O)c(C(c3nnnn3CC3CCCO3)N3CCN(c4cccc(C)c4C)CC3)cc2c1. The highest BCUT2D eigenvalue weighted by molar-refractivity contribution is 5.80. The maximum Gasteiger partial charge on any atom is 0.253 e. The summed E-state index contributed by atoms with van der Waals surface area (Å²) in [5, 5.41) is 13.8. The van der Waals surface area contributed by atoms with Gasteiger partial charge in [-0.3, -0.25) is 9.69 Å². The van der Waals surface area contributed by atoms with Gasteiger partial charge >= 0.3 is 0 Å². The summed E-state index contributed by atoms with van der Waals surface area (Å²) in [7, 11) is 0. The third-order valence-corrected chi connectivity index (χ3v) is 8.25. The molecule has 210 valence electrons. The molecule has 6 rings (SSSR count). The van der Waals surface area contributed by atoms with Crippen molar-refractivity contribution in [1.29, 1.82) is 0 Å². The molecule has 10 nitrogen and oxygen atoms in total. The van der Waals surface area contributed by atoms with Gasteiger partial charge in [0, 0.05) is 54.9 Å². The first-order valence-electron chi connectivity index (χ1n) is 14.2. The number of anilines is 1. The van der Waals surface area contributed by atoms with Gasteiger partial charge in [0.2, 0.25) is 0 Å². The van der Waals surface area contributed by atoms with Gasteiger partial charge in [0.25, 0.3) is 5.56 Å². The lowest BCUT2D eigenvalue weighted by atomic mass is 10.0. The minimum atomic E-state index is -0.402. The third-order valence-electron chi connectivity index (χ3n) is 8.25. The molecule has 2 aliphatic heterocycles. The molecule has 2 aliphatic rings. The Bertz CT molecular complexity index is 1530. The van der Waals surface area contributed by atoms with Crippen molar-refractivity contribution >= 4 is 16.6 Å². The largest absolute Gasteiger partial charge is 0.494 e. The van der Waals surface area contributed by atoms with Crippen molar-refractivity contribution in [3.63, 3.8) is 0 Å². The Labute approximate surface area is 233 Å². The van der Waals surface area contributed by atoms with Crippen LogP contribution in [0.1, 0.15) is 48.3 Å². The summed E-state index contributed by atoms with van der Waals surface area (Å²) in [6.45, 7) is 11.4. The molecule has 10 heteroatoms. The number of tetrazole rings is 1. The molecule has 4 heterocycles. The van der Waals surface area contributed by atoms with Crippen LogP contribution in [-0.4, -0.2) is 75.6 Å². The summed E-state index contributed by atoms with van der Waals surface area (Å²) in [6.07, 6.45) is 2.10. The number of nitrogens with zero attached hydrogens (tertiary/aromatic N) is 6. The highest BCUT2D eigenvalue weighted by atomic mass is 16.5. The number of hydrogen-bond donors (Lipinski definition) is 1. The number of rotatable bonds is 8. The number of fused-ring (bicyclic) bond motifs is 1. The molecule has 0 bridgehead atoms. The summed E-state index contributed by atoms with van der Waals surface area (Å²) in [5.41, 5.74) is 5.14. The number of benzene rings is 2. The maximum absolute atomic E-state index is 13.6. The van der Waals surface area contributed by atoms with Gasteiger partial charge in [0.1, 0.15) is 11.8 Å². The zero-order chi connectivity index (χ0) is 27.6. The van der Waals surface area contributed by atoms with Gasteiger partial charge in [-0.25, -0.2) is 4.68 Å². The number of nitrogens with one attached hydrogen (secondary N) is 1.